The molecule has 0 aromatic carbocycles. The van der Waals surface area contributed by atoms with E-state index in [9.17, 15) is 0 Å². The highest BCUT2D eigenvalue weighted by Crippen LogP contribution is 2.28. The van der Waals surface area contributed by atoms with E-state index in [1.54, 1.807) is 0 Å². The van der Waals surface area contributed by atoms with Crippen molar-refractivity contribution in [2.75, 3.05) is 25.0 Å². The molecule has 0 amide bonds. The summed E-state index contributed by atoms with van der Waals surface area (Å²) >= 11 is 0. The van der Waals surface area contributed by atoms with E-state index in [-0.39, 0.29) is 0 Å². The van der Waals surface area contributed by atoms with Crippen molar-refractivity contribution in [3.8, 4) is 0 Å². The molecule has 2 rings (SSSR count). The van der Waals surface area contributed by atoms with Gasteiger partial charge in [-0.05, 0) is 55.3 Å². The Bertz CT molecular complexity index is 438. The van der Waals surface area contributed by atoms with Crippen LogP contribution in [0.25, 0.3) is 0 Å². The Kier molecular flexibility index (Phi) is 6.04. The first-order valence-electron chi connectivity index (χ1n) is 8.50. The van der Waals surface area contributed by atoms with E-state index < -0.39 is 0 Å². The van der Waals surface area contributed by atoms with Crippen LogP contribution in [-0.2, 0) is 13.0 Å². The molecule has 1 heterocycles. The van der Waals surface area contributed by atoms with Crippen LogP contribution in [0.2, 0.25) is 0 Å². The SMILES string of the molecule is CCc1cc(CNCC(C)C)cc(N(C)CC2CCC2)n1. The number of rotatable bonds is 8. The second-order valence-corrected chi connectivity index (χ2v) is 6.88. The molecule has 118 valence electrons. The fourth-order valence-electron chi connectivity index (χ4n) is 2.77. The molecule has 1 aliphatic rings. The van der Waals surface area contributed by atoms with Gasteiger partial charge in [0.05, 0.1) is 0 Å². The van der Waals surface area contributed by atoms with Gasteiger partial charge in [-0.1, -0.05) is 27.2 Å². The highest BCUT2D eigenvalue weighted by atomic mass is 15.2. The summed E-state index contributed by atoms with van der Waals surface area (Å²) in [5.74, 6) is 2.71. The molecule has 1 aromatic heterocycles. The molecule has 0 radical (unpaired) electrons. The van der Waals surface area contributed by atoms with Gasteiger partial charge in [-0.3, -0.25) is 0 Å². The molecule has 1 aromatic rings. The van der Waals surface area contributed by atoms with E-state index in [1.165, 1.54) is 30.5 Å². The van der Waals surface area contributed by atoms with Crippen LogP contribution < -0.4 is 10.2 Å². The summed E-state index contributed by atoms with van der Waals surface area (Å²) in [4.78, 5) is 7.15. The molecule has 1 fully saturated rings. The maximum absolute atomic E-state index is 4.80. The van der Waals surface area contributed by atoms with Crippen LogP contribution in [0.1, 0.15) is 51.3 Å². The molecule has 1 N–H and O–H groups in total. The minimum Gasteiger partial charge on any atom is -0.359 e. The molecule has 1 aliphatic carbocycles. The molecule has 0 spiro atoms. The van der Waals surface area contributed by atoms with E-state index in [0.29, 0.717) is 5.92 Å². The van der Waals surface area contributed by atoms with Crippen molar-refractivity contribution in [3.05, 3.63) is 23.4 Å². The first-order valence-corrected chi connectivity index (χ1v) is 8.50. The largest absolute Gasteiger partial charge is 0.359 e. The number of hydrogen-bond acceptors (Lipinski definition) is 3. The van der Waals surface area contributed by atoms with Crippen molar-refractivity contribution in [3.63, 3.8) is 0 Å². The Morgan fingerprint density at radius 1 is 1.33 bits per heavy atom. The van der Waals surface area contributed by atoms with E-state index >= 15 is 0 Å². The lowest BCUT2D eigenvalue weighted by Crippen LogP contribution is -2.30. The number of pyridine rings is 1. The third-order valence-corrected chi connectivity index (χ3v) is 4.32. The fourth-order valence-corrected chi connectivity index (χ4v) is 2.77. The third kappa shape index (κ3) is 4.99. The number of aromatic nitrogens is 1. The second kappa shape index (κ2) is 7.79. The zero-order valence-electron chi connectivity index (χ0n) is 14.2. The van der Waals surface area contributed by atoms with Gasteiger partial charge in [0, 0.05) is 25.8 Å². The monoisotopic (exact) mass is 289 g/mol. The molecule has 0 aliphatic heterocycles. The molecule has 0 unspecified atom stereocenters. The first kappa shape index (κ1) is 16.3. The van der Waals surface area contributed by atoms with Crippen LogP contribution in [0.5, 0.6) is 0 Å². The van der Waals surface area contributed by atoms with Gasteiger partial charge in [0.25, 0.3) is 0 Å². The van der Waals surface area contributed by atoms with Crippen LogP contribution in [0, 0.1) is 11.8 Å². The second-order valence-electron chi connectivity index (χ2n) is 6.88. The van der Waals surface area contributed by atoms with Crippen LogP contribution >= 0.6 is 0 Å². The van der Waals surface area contributed by atoms with Gasteiger partial charge in [-0.15, -0.1) is 0 Å². The standard InChI is InChI=1S/C18H31N3/c1-5-17-9-16(12-19-11-14(2)3)10-18(20-17)21(4)13-15-7-6-8-15/h9-10,14-15,19H,5-8,11-13H2,1-4H3. The van der Waals surface area contributed by atoms with Gasteiger partial charge in [0.15, 0.2) is 0 Å². The first-order chi connectivity index (χ1) is 10.1. The Morgan fingerprint density at radius 2 is 2.10 bits per heavy atom. The normalized spacial score (nSPS) is 15.3. The smallest absolute Gasteiger partial charge is 0.128 e. The molecule has 0 saturated heterocycles. The van der Waals surface area contributed by atoms with Crippen LogP contribution in [0.15, 0.2) is 12.1 Å². The maximum Gasteiger partial charge on any atom is 0.128 e. The summed E-state index contributed by atoms with van der Waals surface area (Å²) in [5.41, 5.74) is 2.56. The fraction of sp³-hybridized carbons (Fsp3) is 0.722. The van der Waals surface area contributed by atoms with E-state index in [2.05, 4.69) is 50.2 Å². The zero-order chi connectivity index (χ0) is 15.2. The van der Waals surface area contributed by atoms with Crippen LogP contribution in [0.3, 0.4) is 0 Å². The molecule has 1 saturated carbocycles. The molecular weight excluding hydrogens is 258 g/mol. The van der Waals surface area contributed by atoms with Crippen molar-refractivity contribution in [2.45, 2.75) is 53.0 Å². The summed E-state index contributed by atoms with van der Waals surface area (Å²) in [5, 5.41) is 3.54. The van der Waals surface area contributed by atoms with Gasteiger partial charge in [0.2, 0.25) is 0 Å². The van der Waals surface area contributed by atoms with E-state index in [0.717, 1.165) is 37.8 Å². The van der Waals surface area contributed by atoms with Crippen molar-refractivity contribution >= 4 is 5.82 Å². The van der Waals surface area contributed by atoms with Gasteiger partial charge in [-0.25, -0.2) is 4.98 Å². The Balaban J connectivity index is 2.01. The minimum absolute atomic E-state index is 0.693. The maximum atomic E-state index is 4.80. The highest BCUT2D eigenvalue weighted by Gasteiger charge is 2.20. The minimum atomic E-state index is 0.693. The molecule has 3 heteroatoms. The van der Waals surface area contributed by atoms with Gasteiger partial charge < -0.3 is 10.2 Å². The summed E-state index contributed by atoms with van der Waals surface area (Å²) in [6.07, 6.45) is 5.19. The summed E-state index contributed by atoms with van der Waals surface area (Å²) in [7, 11) is 2.19. The highest BCUT2D eigenvalue weighted by molar-refractivity contribution is 5.42. The van der Waals surface area contributed by atoms with Crippen LogP contribution in [0.4, 0.5) is 5.82 Å². The molecule has 3 nitrogen and oxygen atoms in total. The topological polar surface area (TPSA) is 28.2 Å². The van der Waals surface area contributed by atoms with E-state index in [1.807, 2.05) is 0 Å². The van der Waals surface area contributed by atoms with Gasteiger partial charge in [0.1, 0.15) is 5.82 Å². The third-order valence-electron chi connectivity index (χ3n) is 4.32. The quantitative estimate of drug-likeness (QED) is 0.792. The van der Waals surface area contributed by atoms with Crippen LogP contribution in [-0.4, -0.2) is 25.1 Å². The summed E-state index contributed by atoms with van der Waals surface area (Å²) < 4.78 is 0. The average Bonchev–Trinajstić information content (AvgIpc) is 2.41. The molecule has 21 heavy (non-hydrogen) atoms. The Morgan fingerprint density at radius 3 is 2.67 bits per heavy atom. The summed E-state index contributed by atoms with van der Waals surface area (Å²) in [6.45, 7) is 9.83. The number of anilines is 1. The lowest BCUT2D eigenvalue weighted by atomic mass is 9.85. The average molecular weight is 289 g/mol. The number of hydrogen-bond donors (Lipinski definition) is 1. The summed E-state index contributed by atoms with van der Waals surface area (Å²) in [6, 6.07) is 4.50. The van der Waals surface area contributed by atoms with Crippen molar-refractivity contribution < 1.29 is 0 Å². The molecule has 0 atom stereocenters. The predicted octanol–water partition coefficient (Wildman–Crippen LogP) is 3.63. The van der Waals surface area contributed by atoms with Crippen molar-refractivity contribution in [2.24, 2.45) is 11.8 Å². The number of aryl methyl sites for hydroxylation is 1. The molecular formula is C18H31N3. The number of nitrogens with one attached hydrogen (secondary N) is 1. The zero-order valence-corrected chi connectivity index (χ0v) is 14.2. The van der Waals surface area contributed by atoms with Crippen molar-refractivity contribution in [1.29, 1.82) is 0 Å². The predicted molar refractivity (Wildman–Crippen MR) is 90.8 cm³/mol. The Hall–Kier alpha value is -1.09. The van der Waals surface area contributed by atoms with Gasteiger partial charge >= 0.3 is 0 Å². The lowest BCUT2D eigenvalue weighted by Gasteiger charge is -2.31. The van der Waals surface area contributed by atoms with Gasteiger partial charge in [-0.2, -0.15) is 0 Å². The number of nitrogens with zero attached hydrogens (tertiary/aromatic N) is 2. The molecule has 0 bridgehead atoms. The Labute approximate surface area is 130 Å². The van der Waals surface area contributed by atoms with Crippen molar-refractivity contribution in [1.82, 2.24) is 10.3 Å². The van der Waals surface area contributed by atoms with E-state index in [4.69, 9.17) is 4.98 Å². The lowest BCUT2D eigenvalue weighted by molar-refractivity contribution is 0.321.